The van der Waals surface area contributed by atoms with Crippen molar-refractivity contribution in [2.45, 2.75) is 12.5 Å². The van der Waals surface area contributed by atoms with Gasteiger partial charge in [-0.3, -0.25) is 13.8 Å². The molecule has 0 aromatic rings. The van der Waals surface area contributed by atoms with Gasteiger partial charge in [-0.05, 0) is 0 Å². The molecule has 0 radical (unpaired) electrons. The van der Waals surface area contributed by atoms with E-state index in [9.17, 15) is 26.3 Å². The van der Waals surface area contributed by atoms with Crippen molar-refractivity contribution in [2.75, 3.05) is 14.0 Å². The van der Waals surface area contributed by atoms with Crippen LogP contribution in [0.15, 0.2) is 0 Å². The minimum atomic E-state index is -5.12. The maximum atomic E-state index is 11.3. The Bertz CT molecular complexity index is 82.7. The molecule has 0 bridgehead atoms. The molecule has 0 rings (SSSR count). The van der Waals surface area contributed by atoms with Crippen molar-refractivity contribution in [3.05, 3.63) is 0 Å². The molecule has 86 valence electrons. The molecule has 0 spiro atoms. The first-order valence-electron chi connectivity index (χ1n) is 2.24. The predicted octanol–water partition coefficient (Wildman–Crippen LogP) is 2.68. The fourth-order valence-corrected chi connectivity index (χ4v) is 0.150. The van der Waals surface area contributed by atoms with Crippen molar-refractivity contribution >= 4 is 0 Å². The Morgan fingerprint density at radius 2 is 1.46 bits per heavy atom. The number of rotatable bonds is 2. The van der Waals surface area contributed by atoms with Crippen molar-refractivity contribution in [1.29, 1.82) is 0 Å². The third kappa shape index (κ3) is 14.3. The Labute approximate surface area is 68.4 Å². The van der Waals surface area contributed by atoms with Gasteiger partial charge in [-0.2, -0.15) is 13.2 Å². The van der Waals surface area contributed by atoms with Crippen LogP contribution >= 0.6 is 0 Å². The summed E-state index contributed by atoms with van der Waals surface area (Å²) in [7, 11) is 0.500. The van der Waals surface area contributed by atoms with Crippen LogP contribution in [0.4, 0.5) is 35.8 Å². The Morgan fingerprint density at radius 3 is 1.54 bits per heavy atom. The summed E-state index contributed by atoms with van der Waals surface area (Å²) in [5.41, 5.74) is 0. The number of ether oxygens (including phenoxy) is 1. The van der Waals surface area contributed by atoms with Crippen LogP contribution < -0.4 is 0 Å². The maximum Gasteiger partial charge on any atom is 0.445 e. The number of halogens is 8. The maximum absolute atomic E-state index is 11.3. The SMILES string of the molecule is CF.F.F.FCOC(F)C(F)(F)F. The minimum Gasteiger partial charge on any atom is -0.309 e. The Balaban J connectivity index is -0.0000000941. The number of hydrogen-bond donors (Lipinski definition) is 0. The van der Waals surface area contributed by atoms with E-state index >= 15 is 0 Å². The molecule has 0 aliphatic heterocycles. The Hall–Kier alpha value is -0.600. The second-order valence-electron chi connectivity index (χ2n) is 1.13. The van der Waals surface area contributed by atoms with Gasteiger partial charge in [0.05, 0.1) is 7.18 Å². The minimum absolute atomic E-state index is 0. The van der Waals surface area contributed by atoms with E-state index in [1.807, 2.05) is 0 Å². The third-order valence-electron chi connectivity index (χ3n) is 0.467. The summed E-state index contributed by atoms with van der Waals surface area (Å²) in [6.07, 6.45) is -8.63. The highest BCUT2D eigenvalue weighted by atomic mass is 19.4. The topological polar surface area (TPSA) is 9.23 Å². The molecule has 0 amide bonds. The Kier molecular flexibility index (Phi) is 20.0. The summed E-state index contributed by atoms with van der Waals surface area (Å²) in [6.45, 7) is -1.78. The van der Waals surface area contributed by atoms with E-state index < -0.39 is 19.4 Å². The van der Waals surface area contributed by atoms with Crippen LogP contribution in [0.2, 0.25) is 0 Å². The number of alkyl halides is 6. The lowest BCUT2D eigenvalue weighted by Gasteiger charge is -2.09. The summed E-state index contributed by atoms with van der Waals surface area (Å²) in [6, 6.07) is 0. The van der Waals surface area contributed by atoms with Gasteiger partial charge in [0, 0.05) is 0 Å². The van der Waals surface area contributed by atoms with E-state index in [1.54, 1.807) is 0 Å². The summed E-state index contributed by atoms with van der Waals surface area (Å²) in [5, 5.41) is 0. The van der Waals surface area contributed by atoms with Crippen molar-refractivity contribution in [3.63, 3.8) is 0 Å². The fourth-order valence-electron chi connectivity index (χ4n) is 0.150. The van der Waals surface area contributed by atoms with Gasteiger partial charge < -0.3 is 4.74 Å². The predicted molar refractivity (Wildman–Crippen MR) is 30.0 cm³/mol. The molecule has 0 aromatic carbocycles. The molecule has 0 aliphatic rings. The molecule has 0 N–H and O–H groups in total. The smallest absolute Gasteiger partial charge is 0.309 e. The molecule has 0 aromatic heterocycles. The van der Waals surface area contributed by atoms with E-state index in [2.05, 4.69) is 4.74 Å². The van der Waals surface area contributed by atoms with Crippen molar-refractivity contribution in [1.82, 2.24) is 0 Å². The summed E-state index contributed by atoms with van der Waals surface area (Å²) in [4.78, 5) is 0. The first kappa shape index (κ1) is 22.8. The lowest BCUT2D eigenvalue weighted by atomic mass is 10.7. The highest BCUT2D eigenvalue weighted by Crippen LogP contribution is 2.23. The fraction of sp³-hybridized carbons (Fsp3) is 1.00. The van der Waals surface area contributed by atoms with Gasteiger partial charge in [0.25, 0.3) is 6.36 Å². The van der Waals surface area contributed by atoms with Crippen LogP contribution in [-0.2, 0) is 4.74 Å². The quantitative estimate of drug-likeness (QED) is 0.655. The molecule has 1 atom stereocenters. The molecule has 0 fully saturated rings. The first-order valence-corrected chi connectivity index (χ1v) is 2.24. The van der Waals surface area contributed by atoms with Crippen LogP contribution in [0.1, 0.15) is 0 Å². The average molecular weight is 224 g/mol. The van der Waals surface area contributed by atoms with Crippen molar-refractivity contribution in [2.24, 2.45) is 0 Å². The van der Waals surface area contributed by atoms with Crippen LogP contribution in [-0.4, -0.2) is 26.6 Å². The first-order chi connectivity index (χ1) is 4.98. The van der Waals surface area contributed by atoms with Gasteiger partial charge in [0.2, 0.25) is 0 Å². The second-order valence-corrected chi connectivity index (χ2v) is 1.13. The van der Waals surface area contributed by atoms with Gasteiger partial charge in [0.15, 0.2) is 6.86 Å². The summed E-state index contributed by atoms with van der Waals surface area (Å²) >= 11 is 0. The van der Waals surface area contributed by atoms with E-state index in [4.69, 9.17) is 0 Å². The van der Waals surface area contributed by atoms with E-state index in [1.165, 1.54) is 0 Å². The molecule has 1 unspecified atom stereocenters. The molecule has 9 heteroatoms. The highest BCUT2D eigenvalue weighted by molar-refractivity contribution is 4.51. The van der Waals surface area contributed by atoms with Crippen molar-refractivity contribution in [3.8, 4) is 0 Å². The van der Waals surface area contributed by atoms with Gasteiger partial charge >= 0.3 is 6.18 Å². The highest BCUT2D eigenvalue weighted by Gasteiger charge is 2.41. The van der Waals surface area contributed by atoms with E-state index in [-0.39, 0.29) is 9.41 Å². The van der Waals surface area contributed by atoms with Crippen LogP contribution in [0.25, 0.3) is 0 Å². The summed E-state index contributed by atoms with van der Waals surface area (Å²) in [5.74, 6) is 0. The molecule has 0 aliphatic carbocycles. The lowest BCUT2D eigenvalue weighted by Crippen LogP contribution is -2.26. The zero-order valence-corrected chi connectivity index (χ0v) is 6.28. The Morgan fingerprint density at radius 1 is 1.15 bits per heavy atom. The number of hydrogen-bond acceptors (Lipinski definition) is 1. The normalized spacial score (nSPS) is 11.3. The standard InChI is InChI=1S/C3H3F5O.CH3F.2FH/c4-1-9-2(5)3(6,7)8;1-2;;/h2H,1H2;1H3;2*1H. The molecular formula is C4H8F8O. The zero-order valence-electron chi connectivity index (χ0n) is 6.28. The second kappa shape index (κ2) is 11.4. The third-order valence-corrected chi connectivity index (χ3v) is 0.467. The van der Waals surface area contributed by atoms with Crippen LogP contribution in [0.3, 0.4) is 0 Å². The molecule has 0 saturated carbocycles. The van der Waals surface area contributed by atoms with Crippen LogP contribution in [0, 0.1) is 0 Å². The molecule has 1 nitrogen and oxygen atoms in total. The monoisotopic (exact) mass is 224 g/mol. The van der Waals surface area contributed by atoms with Gasteiger partial charge in [-0.1, -0.05) is 0 Å². The molecule has 0 heterocycles. The molecular weight excluding hydrogens is 216 g/mol. The molecule has 13 heavy (non-hydrogen) atoms. The van der Waals surface area contributed by atoms with Gasteiger partial charge in [-0.15, -0.1) is 0 Å². The van der Waals surface area contributed by atoms with Gasteiger partial charge in [-0.25, -0.2) is 8.78 Å². The van der Waals surface area contributed by atoms with Crippen molar-refractivity contribution < 1.29 is 40.5 Å². The van der Waals surface area contributed by atoms with Crippen LogP contribution in [0.5, 0.6) is 0 Å². The van der Waals surface area contributed by atoms with E-state index in [0.717, 1.165) is 0 Å². The average Bonchev–Trinajstić information content (AvgIpc) is 1.91. The zero-order chi connectivity index (χ0) is 9.49. The van der Waals surface area contributed by atoms with Gasteiger partial charge in [0.1, 0.15) is 0 Å². The summed E-state index contributed by atoms with van der Waals surface area (Å²) < 4.78 is 67.5. The largest absolute Gasteiger partial charge is 0.445 e. The molecule has 0 saturated heterocycles. The van der Waals surface area contributed by atoms with E-state index in [0.29, 0.717) is 7.18 Å². The lowest BCUT2D eigenvalue weighted by molar-refractivity contribution is -0.273.